The van der Waals surface area contributed by atoms with Gasteiger partial charge in [-0.25, -0.2) is 0 Å². The van der Waals surface area contributed by atoms with E-state index in [9.17, 15) is 4.79 Å². The summed E-state index contributed by atoms with van der Waals surface area (Å²) in [7, 11) is 6.07. The number of quaternary nitrogens is 1. The predicted molar refractivity (Wildman–Crippen MR) is 117 cm³/mol. The van der Waals surface area contributed by atoms with Crippen LogP contribution in [0, 0.1) is 11.8 Å². The Balaban J connectivity index is 1.60. The Kier molecular flexibility index (Phi) is 5.67. The maximum atomic E-state index is 13.0. The number of ketones is 1. The molecule has 0 N–H and O–H groups in total. The molecule has 0 radical (unpaired) electrons. The number of nitrogens with zero attached hydrogens (tertiary/aromatic N) is 1. The van der Waals surface area contributed by atoms with Crippen LogP contribution in [0.2, 0.25) is 0 Å². The number of allylic oxidation sites excluding steroid dienone is 4. The van der Waals surface area contributed by atoms with Gasteiger partial charge in [-0.15, -0.1) is 0 Å². The Morgan fingerprint density at radius 2 is 2.13 bits per heavy atom. The van der Waals surface area contributed by atoms with E-state index in [1.807, 2.05) is 6.08 Å². The number of fused-ring (bicyclic) bond motifs is 2. The Labute approximate surface area is 179 Å². The van der Waals surface area contributed by atoms with E-state index in [0.717, 1.165) is 47.4 Å². The average molecular weight is 413 g/mol. The topological polar surface area (TPSA) is 44.8 Å². The van der Waals surface area contributed by atoms with Crippen molar-refractivity contribution in [1.29, 1.82) is 0 Å². The molecule has 1 aliphatic carbocycles. The fourth-order valence-corrected chi connectivity index (χ4v) is 5.19. The molecule has 0 unspecified atom stereocenters. The minimum absolute atomic E-state index is 0.0290. The number of methoxy groups -OCH3 is 1. The first-order chi connectivity index (χ1) is 14.3. The van der Waals surface area contributed by atoms with Gasteiger partial charge in [0.15, 0.2) is 17.3 Å². The largest absolute Gasteiger partial charge is 0.492 e. The number of carbonyl (C=O) groups excluding carboxylic acids is 1. The second-order valence-corrected chi connectivity index (χ2v) is 9.65. The van der Waals surface area contributed by atoms with Crippen LogP contribution in [-0.2, 0) is 11.2 Å². The highest BCUT2D eigenvalue weighted by atomic mass is 16.7. The van der Waals surface area contributed by atoms with Gasteiger partial charge in [-0.3, -0.25) is 4.79 Å². The van der Waals surface area contributed by atoms with E-state index >= 15 is 0 Å². The molecule has 0 bridgehead atoms. The highest BCUT2D eigenvalue weighted by Gasteiger charge is 2.42. The smallest absolute Gasteiger partial charge is 0.231 e. The average Bonchev–Trinajstić information content (AvgIpc) is 3.16. The predicted octanol–water partition coefficient (Wildman–Crippen LogP) is 4.61. The number of rotatable bonds is 5. The van der Waals surface area contributed by atoms with Crippen molar-refractivity contribution < 1.29 is 23.5 Å². The zero-order valence-electron chi connectivity index (χ0n) is 18.9. The summed E-state index contributed by atoms with van der Waals surface area (Å²) in [6.07, 6.45) is 9.81. The lowest BCUT2D eigenvalue weighted by Crippen LogP contribution is -2.48. The first kappa shape index (κ1) is 21.0. The first-order valence-electron chi connectivity index (χ1n) is 11.0. The van der Waals surface area contributed by atoms with E-state index in [-0.39, 0.29) is 18.6 Å². The number of carbonyl (C=O) groups is 1. The van der Waals surface area contributed by atoms with Gasteiger partial charge in [0.2, 0.25) is 12.5 Å². The van der Waals surface area contributed by atoms with Crippen LogP contribution in [0.3, 0.4) is 0 Å². The van der Waals surface area contributed by atoms with Crippen LogP contribution in [0.15, 0.2) is 29.9 Å². The first-order valence-corrected chi connectivity index (χ1v) is 11.0. The molecule has 0 saturated carbocycles. The van der Waals surface area contributed by atoms with Crippen LogP contribution >= 0.6 is 0 Å². The van der Waals surface area contributed by atoms with Crippen molar-refractivity contribution in [3.05, 3.63) is 41.0 Å². The Hall–Kier alpha value is -2.27. The zero-order chi connectivity index (χ0) is 21.5. The molecule has 4 rings (SSSR count). The van der Waals surface area contributed by atoms with Crippen LogP contribution < -0.4 is 14.2 Å². The standard InChI is InChI=1S/C25H34NO4/c1-16-6-7-18(17(2)12-16)8-9-20(27)14-21-23-19(10-11-26(21,3)4)13-22-24(25(23)28-5)30-15-29-22/h6,8-9,13,17-18,21H,7,10-12,14-15H2,1-5H3/q+1/b9-8+/t17-,18-,21+/m1/s1. The normalized spacial score (nSPS) is 27.0. The Morgan fingerprint density at radius 3 is 2.87 bits per heavy atom. The summed E-state index contributed by atoms with van der Waals surface area (Å²) in [5.74, 6) is 3.36. The molecule has 1 aromatic carbocycles. The van der Waals surface area contributed by atoms with Crippen molar-refractivity contribution in [2.45, 2.75) is 45.6 Å². The summed E-state index contributed by atoms with van der Waals surface area (Å²) in [5, 5.41) is 0. The van der Waals surface area contributed by atoms with Crippen molar-refractivity contribution in [3.63, 3.8) is 0 Å². The molecule has 0 fully saturated rings. The molecular formula is C25H34NO4+. The third-order valence-corrected chi connectivity index (χ3v) is 7.12. The minimum atomic E-state index is 0.0290. The molecular weight excluding hydrogens is 378 g/mol. The minimum Gasteiger partial charge on any atom is -0.492 e. The third kappa shape index (κ3) is 3.87. The Bertz CT molecular complexity index is 899. The molecule has 162 valence electrons. The fraction of sp³-hybridized carbons (Fsp3) is 0.560. The molecule has 2 aliphatic heterocycles. The summed E-state index contributed by atoms with van der Waals surface area (Å²) < 4.78 is 17.8. The lowest BCUT2D eigenvalue weighted by molar-refractivity contribution is -0.922. The van der Waals surface area contributed by atoms with Crippen LogP contribution in [0.25, 0.3) is 0 Å². The van der Waals surface area contributed by atoms with Crippen molar-refractivity contribution in [3.8, 4) is 17.2 Å². The van der Waals surface area contributed by atoms with Gasteiger partial charge < -0.3 is 18.7 Å². The quantitative estimate of drug-likeness (QED) is 0.403. The molecule has 0 amide bonds. The van der Waals surface area contributed by atoms with E-state index in [1.54, 1.807) is 7.11 Å². The molecule has 5 nitrogen and oxygen atoms in total. The summed E-state index contributed by atoms with van der Waals surface area (Å²) in [5.41, 5.74) is 3.77. The van der Waals surface area contributed by atoms with Gasteiger partial charge in [0.05, 0.1) is 39.7 Å². The molecule has 5 heteroatoms. The van der Waals surface area contributed by atoms with Gasteiger partial charge in [-0.2, -0.15) is 0 Å². The van der Waals surface area contributed by atoms with Gasteiger partial charge in [-0.1, -0.05) is 24.6 Å². The van der Waals surface area contributed by atoms with Crippen molar-refractivity contribution in [2.24, 2.45) is 11.8 Å². The monoisotopic (exact) mass is 412 g/mol. The maximum absolute atomic E-state index is 13.0. The van der Waals surface area contributed by atoms with Gasteiger partial charge >= 0.3 is 0 Å². The van der Waals surface area contributed by atoms with Crippen LogP contribution in [0.5, 0.6) is 17.2 Å². The molecule has 0 spiro atoms. The number of benzene rings is 1. The number of hydrogen-bond donors (Lipinski definition) is 0. The zero-order valence-corrected chi connectivity index (χ0v) is 18.9. The highest BCUT2D eigenvalue weighted by molar-refractivity contribution is 5.90. The van der Waals surface area contributed by atoms with Gasteiger partial charge in [0.1, 0.15) is 6.04 Å². The lowest BCUT2D eigenvalue weighted by atomic mass is 9.80. The van der Waals surface area contributed by atoms with Crippen molar-refractivity contribution in [1.82, 2.24) is 0 Å². The van der Waals surface area contributed by atoms with E-state index in [0.29, 0.717) is 24.0 Å². The maximum Gasteiger partial charge on any atom is 0.231 e. The van der Waals surface area contributed by atoms with Crippen LogP contribution in [0.4, 0.5) is 0 Å². The molecule has 3 atom stereocenters. The second-order valence-electron chi connectivity index (χ2n) is 9.65. The molecule has 30 heavy (non-hydrogen) atoms. The summed E-state index contributed by atoms with van der Waals surface area (Å²) in [6, 6.07) is 2.10. The third-order valence-electron chi connectivity index (χ3n) is 7.12. The molecule has 0 aromatic heterocycles. The van der Waals surface area contributed by atoms with E-state index < -0.39 is 0 Å². The fourth-order valence-electron chi connectivity index (χ4n) is 5.19. The summed E-state index contributed by atoms with van der Waals surface area (Å²) in [6.45, 7) is 5.66. The number of likely N-dealkylation sites (N-methyl/N-ethyl adjacent to an activating group) is 1. The van der Waals surface area contributed by atoms with Crippen molar-refractivity contribution in [2.75, 3.05) is 34.5 Å². The molecule has 2 heterocycles. The SMILES string of the molecule is COc1c2c(cc3c1[C@H](CC(=O)/C=C/[C@H]1CC=C(C)C[C@H]1C)[N+](C)(C)CC3)OCO2. The molecule has 0 saturated heterocycles. The van der Waals surface area contributed by atoms with Gasteiger partial charge in [-0.05, 0) is 49.3 Å². The van der Waals surface area contributed by atoms with Crippen LogP contribution in [-0.4, -0.2) is 44.8 Å². The number of ether oxygens (including phenoxy) is 3. The van der Waals surface area contributed by atoms with E-state index in [1.165, 1.54) is 11.1 Å². The lowest BCUT2D eigenvalue weighted by Gasteiger charge is -2.43. The van der Waals surface area contributed by atoms with E-state index in [4.69, 9.17) is 14.2 Å². The van der Waals surface area contributed by atoms with Gasteiger partial charge in [0.25, 0.3) is 0 Å². The molecule has 3 aliphatic rings. The molecule has 1 aromatic rings. The number of hydrogen-bond acceptors (Lipinski definition) is 4. The second kappa shape index (κ2) is 8.10. The summed E-state index contributed by atoms with van der Waals surface area (Å²) in [4.78, 5) is 13.0. The van der Waals surface area contributed by atoms with E-state index in [2.05, 4.69) is 46.2 Å². The van der Waals surface area contributed by atoms with Crippen molar-refractivity contribution >= 4 is 5.78 Å². The Morgan fingerprint density at radius 1 is 1.33 bits per heavy atom. The highest BCUT2D eigenvalue weighted by Crippen LogP contribution is 2.51. The summed E-state index contributed by atoms with van der Waals surface area (Å²) >= 11 is 0. The van der Waals surface area contributed by atoms with Crippen LogP contribution in [0.1, 0.15) is 50.3 Å². The van der Waals surface area contributed by atoms with Gasteiger partial charge in [0, 0.05) is 6.42 Å².